The monoisotopic (exact) mass is 700 g/mol. The lowest BCUT2D eigenvalue weighted by atomic mass is 10.0. The topological polar surface area (TPSA) is 135 Å². The van der Waals surface area contributed by atoms with E-state index >= 15 is 0 Å². The number of ether oxygens (including phenoxy) is 1. The second-order valence-corrected chi connectivity index (χ2v) is 13.1. The van der Waals surface area contributed by atoms with Crippen molar-refractivity contribution in [3.63, 3.8) is 0 Å². The zero-order valence-corrected chi connectivity index (χ0v) is 28.1. The molecule has 0 aliphatic carbocycles. The maximum atomic E-state index is 13.5. The normalized spacial score (nSPS) is 18.6. The molecule has 2 aromatic heterocycles. The van der Waals surface area contributed by atoms with Gasteiger partial charge in [-0.1, -0.05) is 35.9 Å². The number of carbonyl (C=O) groups excluding carboxylic acids is 1. The number of likely N-dealkylation sites (tertiary alicyclic amines) is 1. The summed E-state index contributed by atoms with van der Waals surface area (Å²) in [6.45, 7) is 7.54. The van der Waals surface area contributed by atoms with Gasteiger partial charge in [-0.2, -0.15) is 10.2 Å². The molecule has 2 fully saturated rings. The van der Waals surface area contributed by atoms with Crippen molar-refractivity contribution in [3.05, 3.63) is 95.7 Å². The third-order valence-electron chi connectivity index (χ3n) is 9.40. The van der Waals surface area contributed by atoms with Crippen LogP contribution in [0.5, 0.6) is 5.75 Å². The molecule has 12 nitrogen and oxygen atoms in total. The van der Waals surface area contributed by atoms with Crippen LogP contribution in [0.3, 0.4) is 0 Å². The van der Waals surface area contributed by atoms with E-state index < -0.39 is 29.8 Å². The molecule has 50 heavy (non-hydrogen) atoms. The molecule has 3 N–H and O–H groups in total. The molecule has 260 valence electrons. The first kappa shape index (κ1) is 33.7. The minimum atomic E-state index is -1.12. The Kier molecular flexibility index (Phi) is 9.81. The lowest BCUT2D eigenvalue weighted by Crippen LogP contribution is -2.48. The van der Waals surface area contributed by atoms with Crippen molar-refractivity contribution in [1.82, 2.24) is 34.3 Å². The van der Waals surface area contributed by atoms with Crippen LogP contribution in [0.15, 0.2) is 79.3 Å². The van der Waals surface area contributed by atoms with Gasteiger partial charge in [-0.15, -0.1) is 0 Å². The third kappa shape index (κ3) is 7.22. The van der Waals surface area contributed by atoms with E-state index in [1.54, 1.807) is 0 Å². The van der Waals surface area contributed by atoms with E-state index in [2.05, 4.69) is 27.2 Å². The quantitative estimate of drug-likeness (QED) is 0.210. The molecule has 0 radical (unpaired) electrons. The number of rotatable bonds is 11. The first-order valence-electron chi connectivity index (χ1n) is 16.7. The van der Waals surface area contributed by atoms with Crippen LogP contribution in [-0.4, -0.2) is 116 Å². The third-order valence-corrected chi connectivity index (χ3v) is 9.70. The van der Waals surface area contributed by atoms with E-state index in [1.807, 2.05) is 41.1 Å². The maximum Gasteiger partial charge on any atom is 0.326 e. The van der Waals surface area contributed by atoms with Gasteiger partial charge in [0.05, 0.1) is 41.1 Å². The van der Waals surface area contributed by atoms with E-state index in [4.69, 9.17) is 27.2 Å². The van der Waals surface area contributed by atoms with Crippen LogP contribution in [0.25, 0.3) is 27.7 Å². The fourth-order valence-corrected chi connectivity index (χ4v) is 7.04. The van der Waals surface area contributed by atoms with Gasteiger partial charge in [-0.3, -0.25) is 19.3 Å². The SMILES string of the molecule is NCCN1CCN(CCn2cc3c(-c4cccc(O[C@H]5C[C@@H](C(=O)O)N(C(=O)c6cnn(-c7ccc(F)cc7Cl)c6)C5)c4)cccc3n2)CC1. The molecule has 0 spiro atoms. The molecule has 1 amide bonds. The Morgan fingerprint density at radius 1 is 0.980 bits per heavy atom. The molecule has 0 unspecified atom stereocenters. The van der Waals surface area contributed by atoms with Crippen molar-refractivity contribution in [3.8, 4) is 22.6 Å². The molecule has 0 bridgehead atoms. The minimum absolute atomic E-state index is 0.0763. The Morgan fingerprint density at radius 3 is 2.52 bits per heavy atom. The maximum absolute atomic E-state index is 13.5. The van der Waals surface area contributed by atoms with Gasteiger partial charge >= 0.3 is 5.97 Å². The zero-order valence-electron chi connectivity index (χ0n) is 27.4. The lowest BCUT2D eigenvalue weighted by molar-refractivity contribution is -0.141. The molecule has 2 saturated heterocycles. The summed E-state index contributed by atoms with van der Waals surface area (Å²) in [5.41, 5.74) is 9.14. The van der Waals surface area contributed by atoms with Crippen molar-refractivity contribution < 1.29 is 23.8 Å². The number of fused-ring (bicyclic) bond motifs is 1. The summed E-state index contributed by atoms with van der Waals surface area (Å²) in [6, 6.07) is 16.5. The lowest BCUT2D eigenvalue weighted by Gasteiger charge is -2.34. The second-order valence-electron chi connectivity index (χ2n) is 12.7. The van der Waals surface area contributed by atoms with Crippen molar-refractivity contribution in [2.45, 2.75) is 25.1 Å². The zero-order chi connectivity index (χ0) is 34.8. The van der Waals surface area contributed by atoms with Crippen LogP contribution in [0.4, 0.5) is 4.39 Å². The van der Waals surface area contributed by atoms with Gasteiger partial charge in [0.15, 0.2) is 0 Å². The summed E-state index contributed by atoms with van der Waals surface area (Å²) in [5.74, 6) is -1.55. The van der Waals surface area contributed by atoms with Gasteiger partial charge in [-0.05, 0) is 47.5 Å². The standard InChI is InChI=1S/C36H38ClFN8O4/c37-31-18-26(38)7-8-33(31)46-21-25(20-40-46)35(47)45-22-28(19-34(45)36(48)49)50-27-4-1-3-24(17-27)29-5-2-6-32-30(29)23-44(41-32)16-15-43-13-11-42(10-9-39)12-14-43/h1-8,17-18,20-21,23,28,34H,9-16,19,22,39H2,(H,48,49)/t28-,34-/m0/s1. The summed E-state index contributed by atoms with van der Waals surface area (Å²) in [7, 11) is 0. The molecular formula is C36H38ClFN8O4. The summed E-state index contributed by atoms with van der Waals surface area (Å²) >= 11 is 6.17. The predicted molar refractivity (Wildman–Crippen MR) is 187 cm³/mol. The van der Waals surface area contributed by atoms with E-state index in [9.17, 15) is 19.1 Å². The highest BCUT2D eigenvalue weighted by Gasteiger charge is 2.41. The highest BCUT2D eigenvalue weighted by molar-refractivity contribution is 6.32. The number of carboxylic acid groups (broad SMARTS) is 1. The number of aliphatic carboxylic acids is 1. The van der Waals surface area contributed by atoms with Gasteiger partial charge in [0.2, 0.25) is 0 Å². The number of amides is 1. The number of piperazine rings is 1. The fraction of sp³-hybridized carbons (Fsp3) is 0.333. The first-order valence-corrected chi connectivity index (χ1v) is 17.1. The van der Waals surface area contributed by atoms with Gasteiger partial charge in [0.25, 0.3) is 5.91 Å². The van der Waals surface area contributed by atoms with Gasteiger partial charge in [0, 0.05) is 70.0 Å². The molecule has 14 heteroatoms. The van der Waals surface area contributed by atoms with Crippen molar-refractivity contribution >= 4 is 34.4 Å². The number of hydrogen-bond acceptors (Lipinski definition) is 8. The van der Waals surface area contributed by atoms with Crippen molar-refractivity contribution in [2.24, 2.45) is 5.73 Å². The Bertz CT molecular complexity index is 2010. The molecule has 5 aromatic rings. The van der Waals surface area contributed by atoms with Crippen LogP contribution in [-0.2, 0) is 11.3 Å². The number of carboxylic acids is 1. The van der Waals surface area contributed by atoms with Crippen molar-refractivity contribution in [1.29, 1.82) is 0 Å². The molecular weight excluding hydrogens is 663 g/mol. The summed E-state index contributed by atoms with van der Waals surface area (Å²) in [4.78, 5) is 31.9. The van der Waals surface area contributed by atoms with E-state index in [-0.39, 0.29) is 23.6 Å². The van der Waals surface area contributed by atoms with E-state index in [0.29, 0.717) is 18.0 Å². The predicted octanol–water partition coefficient (Wildman–Crippen LogP) is 4.00. The summed E-state index contributed by atoms with van der Waals surface area (Å²) in [6.07, 6.45) is 4.45. The van der Waals surface area contributed by atoms with E-state index in [0.717, 1.165) is 73.9 Å². The molecule has 4 heterocycles. The Balaban J connectivity index is 1.03. The van der Waals surface area contributed by atoms with Crippen molar-refractivity contribution in [2.75, 3.05) is 52.4 Å². The Hall–Kier alpha value is -4.82. The molecule has 0 saturated carbocycles. The van der Waals surface area contributed by atoms with Crippen LogP contribution in [0, 0.1) is 5.82 Å². The van der Waals surface area contributed by atoms with Crippen LogP contribution in [0.1, 0.15) is 16.8 Å². The molecule has 2 aliphatic heterocycles. The largest absolute Gasteiger partial charge is 0.488 e. The number of benzene rings is 3. The van der Waals surface area contributed by atoms with Gasteiger partial charge in [0.1, 0.15) is 23.7 Å². The van der Waals surface area contributed by atoms with Crippen LogP contribution < -0.4 is 10.5 Å². The number of hydrogen-bond donors (Lipinski definition) is 2. The minimum Gasteiger partial charge on any atom is -0.488 e. The highest BCUT2D eigenvalue weighted by Crippen LogP contribution is 2.32. The smallest absolute Gasteiger partial charge is 0.326 e. The summed E-state index contributed by atoms with van der Waals surface area (Å²) < 4.78 is 23.2. The highest BCUT2D eigenvalue weighted by atomic mass is 35.5. The number of nitrogens with two attached hydrogens (primary N) is 1. The number of nitrogens with zero attached hydrogens (tertiary/aromatic N) is 7. The molecule has 2 atom stereocenters. The Labute approximate surface area is 293 Å². The first-order chi connectivity index (χ1) is 24.2. The van der Waals surface area contributed by atoms with Crippen LogP contribution in [0.2, 0.25) is 5.02 Å². The van der Waals surface area contributed by atoms with Crippen LogP contribution >= 0.6 is 11.6 Å². The van der Waals surface area contributed by atoms with E-state index in [1.165, 1.54) is 34.1 Å². The molecule has 3 aromatic carbocycles. The number of carbonyl (C=O) groups is 2. The average molecular weight is 701 g/mol. The number of aromatic nitrogens is 4. The van der Waals surface area contributed by atoms with Gasteiger partial charge < -0.3 is 20.5 Å². The average Bonchev–Trinajstić information content (AvgIpc) is 3.87. The fourth-order valence-electron chi connectivity index (χ4n) is 6.79. The van der Waals surface area contributed by atoms with Gasteiger partial charge in [-0.25, -0.2) is 13.9 Å². The second kappa shape index (κ2) is 14.6. The molecule has 2 aliphatic rings. The Morgan fingerprint density at radius 2 is 1.76 bits per heavy atom. The summed E-state index contributed by atoms with van der Waals surface area (Å²) in [5, 5.41) is 20.2. The molecule has 7 rings (SSSR count). The number of halogens is 2.